The summed E-state index contributed by atoms with van der Waals surface area (Å²) in [5.41, 5.74) is 2.69. The van der Waals surface area contributed by atoms with Gasteiger partial charge in [0, 0.05) is 19.3 Å². The summed E-state index contributed by atoms with van der Waals surface area (Å²) in [7, 11) is 1.71. The Bertz CT molecular complexity index is 284. The summed E-state index contributed by atoms with van der Waals surface area (Å²) in [6, 6.07) is 8.38. The molecule has 15 heavy (non-hydrogen) atoms. The number of methoxy groups -OCH3 is 1. The Kier molecular flexibility index (Phi) is 4.15. The highest BCUT2D eigenvalue weighted by molar-refractivity contribution is 5.44. The molecule has 0 atom stereocenters. The fourth-order valence-corrected chi connectivity index (χ4v) is 1.25. The van der Waals surface area contributed by atoms with Crippen LogP contribution < -0.4 is 5.32 Å². The molecule has 2 heteroatoms. The van der Waals surface area contributed by atoms with Gasteiger partial charge in [0.05, 0.1) is 6.61 Å². The van der Waals surface area contributed by atoms with Crippen LogP contribution in [0, 0.1) is 5.41 Å². The van der Waals surface area contributed by atoms with Crippen molar-refractivity contribution >= 4 is 5.69 Å². The second kappa shape index (κ2) is 5.17. The summed E-state index contributed by atoms with van der Waals surface area (Å²) < 4.78 is 5.06. The van der Waals surface area contributed by atoms with E-state index in [2.05, 4.69) is 50.4 Å². The van der Waals surface area contributed by atoms with E-state index < -0.39 is 0 Å². The van der Waals surface area contributed by atoms with Crippen molar-refractivity contribution in [3.8, 4) is 0 Å². The molecule has 0 amide bonds. The van der Waals surface area contributed by atoms with Crippen LogP contribution in [0.1, 0.15) is 26.3 Å². The topological polar surface area (TPSA) is 21.3 Å². The summed E-state index contributed by atoms with van der Waals surface area (Å²) in [4.78, 5) is 0. The van der Waals surface area contributed by atoms with Crippen LogP contribution in [0.4, 0.5) is 5.69 Å². The summed E-state index contributed by atoms with van der Waals surface area (Å²) in [5.74, 6) is 0. The number of nitrogens with one attached hydrogen (secondary N) is 1. The molecular weight excluding hydrogens is 186 g/mol. The van der Waals surface area contributed by atoms with E-state index in [1.165, 1.54) is 11.3 Å². The smallest absolute Gasteiger partial charge is 0.0713 e. The first-order chi connectivity index (χ1) is 7.01. The zero-order valence-corrected chi connectivity index (χ0v) is 10.1. The lowest BCUT2D eigenvalue weighted by molar-refractivity contribution is 0.185. The maximum absolute atomic E-state index is 5.06. The first kappa shape index (κ1) is 12.1. The number of benzene rings is 1. The van der Waals surface area contributed by atoms with E-state index in [0.717, 1.165) is 6.54 Å². The van der Waals surface area contributed by atoms with Gasteiger partial charge in [-0.15, -0.1) is 0 Å². The molecule has 0 fully saturated rings. The van der Waals surface area contributed by atoms with Crippen molar-refractivity contribution in [2.24, 2.45) is 5.41 Å². The van der Waals surface area contributed by atoms with Crippen LogP contribution in [0.2, 0.25) is 0 Å². The van der Waals surface area contributed by atoms with Crippen molar-refractivity contribution in [3.05, 3.63) is 29.8 Å². The van der Waals surface area contributed by atoms with Crippen molar-refractivity contribution in [2.45, 2.75) is 27.4 Å². The molecule has 0 aliphatic carbocycles. The Hall–Kier alpha value is -1.02. The summed E-state index contributed by atoms with van der Waals surface area (Å²) >= 11 is 0. The minimum Gasteiger partial charge on any atom is -0.385 e. The minimum absolute atomic E-state index is 0.311. The van der Waals surface area contributed by atoms with Gasteiger partial charge in [0.15, 0.2) is 0 Å². The van der Waals surface area contributed by atoms with Gasteiger partial charge >= 0.3 is 0 Å². The van der Waals surface area contributed by atoms with Crippen LogP contribution in [0.3, 0.4) is 0 Å². The molecule has 1 N–H and O–H groups in total. The average Bonchev–Trinajstić information content (AvgIpc) is 2.16. The highest BCUT2D eigenvalue weighted by Crippen LogP contribution is 2.16. The Morgan fingerprint density at radius 3 is 2.20 bits per heavy atom. The SMILES string of the molecule is COCc1ccc(NCC(C)(C)C)cc1. The van der Waals surface area contributed by atoms with Crippen molar-refractivity contribution in [1.82, 2.24) is 0 Å². The molecule has 0 aliphatic heterocycles. The van der Waals surface area contributed by atoms with Crippen LogP contribution in [0.25, 0.3) is 0 Å². The van der Waals surface area contributed by atoms with Gasteiger partial charge in [-0.3, -0.25) is 0 Å². The van der Waals surface area contributed by atoms with Crippen LogP contribution in [-0.2, 0) is 11.3 Å². The summed E-state index contributed by atoms with van der Waals surface area (Å²) in [6.07, 6.45) is 0. The minimum atomic E-state index is 0.311. The molecule has 0 spiro atoms. The molecule has 0 saturated heterocycles. The van der Waals surface area contributed by atoms with Crippen molar-refractivity contribution in [3.63, 3.8) is 0 Å². The Morgan fingerprint density at radius 1 is 1.13 bits per heavy atom. The van der Waals surface area contributed by atoms with Crippen LogP contribution in [0.15, 0.2) is 24.3 Å². The average molecular weight is 207 g/mol. The Labute approximate surface area is 92.6 Å². The van der Waals surface area contributed by atoms with E-state index in [9.17, 15) is 0 Å². The molecule has 0 heterocycles. The van der Waals surface area contributed by atoms with Crippen molar-refractivity contribution in [1.29, 1.82) is 0 Å². The maximum Gasteiger partial charge on any atom is 0.0713 e. The van der Waals surface area contributed by atoms with Gasteiger partial charge in [-0.05, 0) is 23.1 Å². The molecule has 0 radical (unpaired) electrons. The van der Waals surface area contributed by atoms with E-state index in [0.29, 0.717) is 12.0 Å². The molecule has 0 aliphatic rings. The Morgan fingerprint density at radius 2 is 1.73 bits per heavy atom. The van der Waals surface area contributed by atoms with Crippen molar-refractivity contribution in [2.75, 3.05) is 19.0 Å². The fourth-order valence-electron chi connectivity index (χ4n) is 1.25. The molecule has 1 rings (SSSR count). The molecule has 1 aromatic carbocycles. The number of ether oxygens (including phenoxy) is 1. The van der Waals surface area contributed by atoms with Gasteiger partial charge in [0.1, 0.15) is 0 Å². The third-order valence-corrected chi connectivity index (χ3v) is 2.09. The normalized spacial score (nSPS) is 11.5. The lowest BCUT2D eigenvalue weighted by Crippen LogP contribution is -2.18. The highest BCUT2D eigenvalue weighted by Gasteiger charge is 2.08. The summed E-state index contributed by atoms with van der Waals surface area (Å²) in [6.45, 7) is 8.33. The number of anilines is 1. The second-order valence-corrected chi connectivity index (χ2v) is 5.04. The third-order valence-electron chi connectivity index (χ3n) is 2.09. The number of hydrogen-bond donors (Lipinski definition) is 1. The van der Waals surface area contributed by atoms with E-state index in [4.69, 9.17) is 4.74 Å². The third kappa shape index (κ3) is 4.84. The molecule has 0 unspecified atom stereocenters. The zero-order chi connectivity index (χ0) is 11.3. The lowest BCUT2D eigenvalue weighted by atomic mass is 9.97. The second-order valence-electron chi connectivity index (χ2n) is 5.04. The lowest BCUT2D eigenvalue weighted by Gasteiger charge is -2.19. The number of rotatable bonds is 4. The zero-order valence-electron chi connectivity index (χ0n) is 10.1. The first-order valence-electron chi connectivity index (χ1n) is 5.33. The predicted octanol–water partition coefficient (Wildman–Crippen LogP) is 3.29. The van der Waals surface area contributed by atoms with Gasteiger partial charge in [0.2, 0.25) is 0 Å². The summed E-state index contributed by atoms with van der Waals surface area (Å²) in [5, 5.41) is 3.41. The molecule has 2 nitrogen and oxygen atoms in total. The van der Waals surface area contributed by atoms with Crippen LogP contribution in [0.5, 0.6) is 0 Å². The van der Waals surface area contributed by atoms with E-state index in [1.807, 2.05) is 0 Å². The van der Waals surface area contributed by atoms with E-state index >= 15 is 0 Å². The molecular formula is C13H21NO. The molecule has 0 bridgehead atoms. The van der Waals surface area contributed by atoms with Gasteiger partial charge in [-0.25, -0.2) is 0 Å². The predicted molar refractivity (Wildman–Crippen MR) is 65.1 cm³/mol. The van der Waals surface area contributed by atoms with Gasteiger partial charge in [-0.2, -0.15) is 0 Å². The van der Waals surface area contributed by atoms with E-state index in [1.54, 1.807) is 7.11 Å². The van der Waals surface area contributed by atoms with E-state index in [-0.39, 0.29) is 0 Å². The number of hydrogen-bond acceptors (Lipinski definition) is 2. The largest absolute Gasteiger partial charge is 0.385 e. The molecule has 84 valence electrons. The van der Waals surface area contributed by atoms with Gasteiger partial charge in [0.25, 0.3) is 0 Å². The van der Waals surface area contributed by atoms with Crippen LogP contribution >= 0.6 is 0 Å². The Balaban J connectivity index is 2.50. The monoisotopic (exact) mass is 207 g/mol. The van der Waals surface area contributed by atoms with Gasteiger partial charge in [-0.1, -0.05) is 32.9 Å². The van der Waals surface area contributed by atoms with Crippen molar-refractivity contribution < 1.29 is 4.74 Å². The molecule has 0 saturated carbocycles. The highest BCUT2D eigenvalue weighted by atomic mass is 16.5. The molecule has 1 aromatic rings. The fraction of sp³-hybridized carbons (Fsp3) is 0.538. The molecule has 0 aromatic heterocycles. The quantitative estimate of drug-likeness (QED) is 0.818. The first-order valence-corrected chi connectivity index (χ1v) is 5.33. The maximum atomic E-state index is 5.06. The standard InChI is InChI=1S/C13H21NO/c1-13(2,3)10-14-12-7-5-11(6-8-12)9-15-4/h5-8,14H,9-10H2,1-4H3. The van der Waals surface area contributed by atoms with Gasteiger partial charge < -0.3 is 10.1 Å². The van der Waals surface area contributed by atoms with Crippen LogP contribution in [-0.4, -0.2) is 13.7 Å².